The van der Waals surface area contributed by atoms with Gasteiger partial charge in [-0.05, 0) is 32.6 Å². The molecule has 0 amide bonds. The summed E-state index contributed by atoms with van der Waals surface area (Å²) in [6, 6.07) is 1.75. The quantitative estimate of drug-likeness (QED) is 0.844. The lowest BCUT2D eigenvalue weighted by atomic mass is 10.2. The van der Waals surface area contributed by atoms with E-state index in [1.807, 2.05) is 19.0 Å². The molecule has 2 rings (SSSR count). The molecule has 1 aromatic heterocycles. The van der Waals surface area contributed by atoms with E-state index in [2.05, 4.69) is 4.98 Å². The van der Waals surface area contributed by atoms with Crippen LogP contribution in [0.15, 0.2) is 23.2 Å². The molecule has 0 spiro atoms. The first-order chi connectivity index (χ1) is 9.62. The molecule has 0 saturated carbocycles. The lowest BCUT2D eigenvalue weighted by Crippen LogP contribution is -2.34. The van der Waals surface area contributed by atoms with Crippen molar-refractivity contribution in [1.82, 2.24) is 14.2 Å². The Morgan fingerprint density at radius 3 is 2.43 bits per heavy atom. The molecule has 21 heavy (non-hydrogen) atoms. The van der Waals surface area contributed by atoms with E-state index in [-0.39, 0.29) is 10.9 Å². The molecule has 1 aromatic rings. The zero-order valence-corrected chi connectivity index (χ0v) is 12.4. The van der Waals surface area contributed by atoms with Gasteiger partial charge in [-0.15, -0.1) is 0 Å². The maximum atomic E-state index is 12.4. The highest BCUT2D eigenvalue weighted by Crippen LogP contribution is 2.29. The van der Waals surface area contributed by atoms with Crippen LogP contribution in [0.3, 0.4) is 0 Å². The van der Waals surface area contributed by atoms with Crippen LogP contribution in [0.2, 0.25) is 0 Å². The summed E-state index contributed by atoms with van der Waals surface area (Å²) < 4.78 is 63.3. The molecule has 0 unspecified atom stereocenters. The molecule has 9 heteroatoms. The summed E-state index contributed by atoms with van der Waals surface area (Å²) >= 11 is 0. The molecule has 1 aliphatic rings. The van der Waals surface area contributed by atoms with Gasteiger partial charge in [0.2, 0.25) is 10.0 Å². The number of alkyl halides is 3. The van der Waals surface area contributed by atoms with E-state index in [0.29, 0.717) is 25.6 Å². The van der Waals surface area contributed by atoms with Gasteiger partial charge in [-0.25, -0.2) is 8.42 Å². The third-order valence-electron chi connectivity index (χ3n) is 3.52. The van der Waals surface area contributed by atoms with Gasteiger partial charge in [0.25, 0.3) is 0 Å². The Hall–Kier alpha value is -1.19. The van der Waals surface area contributed by atoms with Crippen molar-refractivity contribution in [3.05, 3.63) is 24.0 Å². The Morgan fingerprint density at radius 2 is 2.00 bits per heavy atom. The molecule has 2 heterocycles. The summed E-state index contributed by atoms with van der Waals surface area (Å²) in [7, 11) is -0.0674. The van der Waals surface area contributed by atoms with Gasteiger partial charge in [-0.3, -0.25) is 4.98 Å². The number of rotatable bonds is 3. The van der Waals surface area contributed by atoms with Gasteiger partial charge in [-0.2, -0.15) is 17.5 Å². The topological polar surface area (TPSA) is 53.5 Å². The highest BCUT2D eigenvalue weighted by molar-refractivity contribution is 7.89. The second-order valence-electron chi connectivity index (χ2n) is 5.15. The summed E-state index contributed by atoms with van der Waals surface area (Å²) in [6.45, 7) is 0.683. The first-order valence-electron chi connectivity index (χ1n) is 6.32. The Bertz CT molecular complexity index is 599. The molecular formula is C12H16F3N3O2S. The Morgan fingerprint density at radius 1 is 1.33 bits per heavy atom. The van der Waals surface area contributed by atoms with Crippen LogP contribution >= 0.6 is 0 Å². The summed E-state index contributed by atoms with van der Waals surface area (Å²) in [4.78, 5) is 4.92. The number of hydrogen-bond acceptors (Lipinski definition) is 4. The van der Waals surface area contributed by atoms with Gasteiger partial charge in [0.15, 0.2) is 0 Å². The third kappa shape index (κ3) is 3.35. The Balaban J connectivity index is 2.21. The smallest absolute Gasteiger partial charge is 0.305 e. The average Bonchev–Trinajstić information content (AvgIpc) is 2.88. The van der Waals surface area contributed by atoms with Crippen LogP contribution in [0.5, 0.6) is 0 Å². The second-order valence-corrected chi connectivity index (χ2v) is 7.08. The van der Waals surface area contributed by atoms with Crippen LogP contribution < -0.4 is 0 Å². The van der Waals surface area contributed by atoms with Crippen LogP contribution in [0, 0.1) is 0 Å². The minimum Gasteiger partial charge on any atom is -0.305 e. The number of aromatic nitrogens is 1. The molecule has 0 aliphatic carbocycles. The molecule has 1 fully saturated rings. The fourth-order valence-corrected chi connectivity index (χ4v) is 3.64. The van der Waals surface area contributed by atoms with Crippen molar-refractivity contribution in [2.45, 2.75) is 23.5 Å². The molecule has 1 aliphatic heterocycles. The average molecular weight is 323 g/mol. The van der Waals surface area contributed by atoms with Crippen molar-refractivity contribution in [3.8, 4) is 0 Å². The van der Waals surface area contributed by atoms with E-state index in [0.717, 1.165) is 12.3 Å². The minimum absolute atomic E-state index is 0.113. The SMILES string of the molecule is CN(C)[C@@H]1CCN(S(=O)(=O)c2ccc(C(F)(F)F)nc2)C1. The zero-order valence-electron chi connectivity index (χ0n) is 11.6. The third-order valence-corrected chi connectivity index (χ3v) is 5.37. The maximum absolute atomic E-state index is 12.4. The first kappa shape index (κ1) is 16.2. The highest BCUT2D eigenvalue weighted by Gasteiger charge is 2.35. The summed E-state index contributed by atoms with van der Waals surface area (Å²) in [5, 5.41) is 0. The predicted octanol–water partition coefficient (Wildman–Crippen LogP) is 1.43. The summed E-state index contributed by atoms with van der Waals surface area (Å²) in [5.41, 5.74) is -1.10. The van der Waals surface area contributed by atoms with Crippen molar-refractivity contribution in [1.29, 1.82) is 0 Å². The van der Waals surface area contributed by atoms with Gasteiger partial charge in [-0.1, -0.05) is 0 Å². The van der Waals surface area contributed by atoms with Crippen LogP contribution in [-0.4, -0.2) is 55.8 Å². The van der Waals surface area contributed by atoms with Crippen molar-refractivity contribution in [2.24, 2.45) is 0 Å². The van der Waals surface area contributed by atoms with E-state index in [1.165, 1.54) is 4.31 Å². The Labute approximate surface area is 121 Å². The molecule has 0 aromatic carbocycles. The van der Waals surface area contributed by atoms with Crippen LogP contribution in [-0.2, 0) is 16.2 Å². The van der Waals surface area contributed by atoms with Crippen LogP contribution in [0.25, 0.3) is 0 Å². The number of sulfonamides is 1. The van der Waals surface area contributed by atoms with E-state index >= 15 is 0 Å². The lowest BCUT2D eigenvalue weighted by Gasteiger charge is -2.20. The number of hydrogen-bond donors (Lipinski definition) is 0. The van der Waals surface area contributed by atoms with E-state index in [9.17, 15) is 21.6 Å². The van der Waals surface area contributed by atoms with Crippen molar-refractivity contribution in [2.75, 3.05) is 27.2 Å². The molecule has 0 radical (unpaired) electrons. The van der Waals surface area contributed by atoms with Crippen molar-refractivity contribution < 1.29 is 21.6 Å². The van der Waals surface area contributed by atoms with E-state index in [1.54, 1.807) is 0 Å². The molecular weight excluding hydrogens is 307 g/mol. The standard InChI is InChI=1S/C12H16F3N3O2S/c1-17(2)9-5-6-18(8-9)21(19,20)10-3-4-11(16-7-10)12(13,14)15/h3-4,7,9H,5-6,8H2,1-2H3/t9-/m1/s1. The first-order valence-corrected chi connectivity index (χ1v) is 7.76. The monoisotopic (exact) mass is 323 g/mol. The lowest BCUT2D eigenvalue weighted by molar-refractivity contribution is -0.141. The van der Waals surface area contributed by atoms with Crippen LogP contribution in [0.1, 0.15) is 12.1 Å². The number of halogens is 3. The fourth-order valence-electron chi connectivity index (χ4n) is 2.20. The normalized spacial score (nSPS) is 21.1. The molecule has 5 nitrogen and oxygen atoms in total. The van der Waals surface area contributed by atoms with Gasteiger partial charge >= 0.3 is 6.18 Å². The Kier molecular flexibility index (Phi) is 4.27. The van der Waals surface area contributed by atoms with Gasteiger partial charge in [0.05, 0.1) is 0 Å². The minimum atomic E-state index is -4.58. The molecule has 118 valence electrons. The fraction of sp³-hybridized carbons (Fsp3) is 0.583. The molecule has 0 N–H and O–H groups in total. The van der Waals surface area contributed by atoms with Gasteiger partial charge in [0.1, 0.15) is 10.6 Å². The summed E-state index contributed by atoms with van der Waals surface area (Å²) in [5.74, 6) is 0. The second kappa shape index (κ2) is 5.54. The maximum Gasteiger partial charge on any atom is 0.433 e. The van der Waals surface area contributed by atoms with Crippen LogP contribution in [0.4, 0.5) is 13.2 Å². The van der Waals surface area contributed by atoms with Gasteiger partial charge < -0.3 is 4.90 Å². The molecule has 1 atom stereocenters. The largest absolute Gasteiger partial charge is 0.433 e. The summed E-state index contributed by atoms with van der Waals surface area (Å²) in [6.07, 6.45) is -3.12. The number of nitrogens with zero attached hydrogens (tertiary/aromatic N) is 3. The molecule has 1 saturated heterocycles. The molecule has 0 bridgehead atoms. The predicted molar refractivity (Wildman–Crippen MR) is 70.1 cm³/mol. The number of likely N-dealkylation sites (N-methyl/N-ethyl adjacent to an activating group) is 1. The van der Waals surface area contributed by atoms with E-state index in [4.69, 9.17) is 0 Å². The van der Waals surface area contributed by atoms with Gasteiger partial charge in [0, 0.05) is 25.3 Å². The highest BCUT2D eigenvalue weighted by atomic mass is 32.2. The zero-order chi connectivity index (χ0) is 15.8. The van der Waals surface area contributed by atoms with Crippen molar-refractivity contribution >= 4 is 10.0 Å². The van der Waals surface area contributed by atoms with E-state index < -0.39 is 21.9 Å². The van der Waals surface area contributed by atoms with Crippen molar-refractivity contribution in [3.63, 3.8) is 0 Å². The number of pyridine rings is 1.